The van der Waals surface area contributed by atoms with Crippen LogP contribution in [-0.2, 0) is 17.8 Å². The van der Waals surface area contributed by atoms with Crippen molar-refractivity contribution in [2.24, 2.45) is 5.92 Å². The molecule has 160 valence electrons. The average molecular weight is 416 g/mol. The highest BCUT2D eigenvalue weighted by Gasteiger charge is 2.22. The molecule has 5 heteroatoms. The van der Waals surface area contributed by atoms with Gasteiger partial charge in [0.15, 0.2) is 0 Å². The molecule has 31 heavy (non-hydrogen) atoms. The Morgan fingerprint density at radius 2 is 1.58 bits per heavy atom. The van der Waals surface area contributed by atoms with Crippen LogP contribution in [0.15, 0.2) is 77.6 Å². The number of carbonyl (C=O) groups excluding carboxylic acids is 1. The van der Waals surface area contributed by atoms with Crippen LogP contribution >= 0.6 is 0 Å². The molecule has 1 aromatic heterocycles. The third kappa shape index (κ3) is 5.69. The first-order valence-electron chi connectivity index (χ1n) is 11.1. The number of aryl methyl sites for hydroxylation is 1. The monoisotopic (exact) mass is 415 g/mol. The van der Waals surface area contributed by atoms with Crippen molar-refractivity contribution in [2.45, 2.75) is 38.6 Å². The summed E-state index contributed by atoms with van der Waals surface area (Å²) in [5.41, 5.74) is 2.99. The van der Waals surface area contributed by atoms with Gasteiger partial charge in [0.1, 0.15) is 0 Å². The normalized spacial score (nSPS) is 14.5. The molecular weight excluding hydrogens is 386 g/mol. The summed E-state index contributed by atoms with van der Waals surface area (Å²) in [6.07, 6.45) is 4.28. The lowest BCUT2D eigenvalue weighted by Gasteiger charge is -2.32. The van der Waals surface area contributed by atoms with E-state index in [1.54, 1.807) is 12.1 Å². The zero-order chi connectivity index (χ0) is 21.5. The van der Waals surface area contributed by atoms with E-state index in [2.05, 4.69) is 29.4 Å². The van der Waals surface area contributed by atoms with E-state index in [4.69, 9.17) is 0 Å². The van der Waals surface area contributed by atoms with Crippen molar-refractivity contribution in [3.63, 3.8) is 0 Å². The summed E-state index contributed by atoms with van der Waals surface area (Å²) in [6.45, 7) is 2.12. The molecule has 1 fully saturated rings. The molecule has 0 radical (unpaired) electrons. The second-order valence-corrected chi connectivity index (χ2v) is 8.26. The lowest BCUT2D eigenvalue weighted by molar-refractivity contribution is -0.132. The molecule has 0 aliphatic carbocycles. The topological polar surface area (TPSA) is 55.2 Å². The lowest BCUT2D eigenvalue weighted by Crippen LogP contribution is -2.39. The molecule has 3 aromatic rings. The van der Waals surface area contributed by atoms with Crippen LogP contribution < -0.4 is 5.56 Å². The maximum Gasteiger partial charge on any atom is 0.266 e. The Balaban J connectivity index is 1.25. The fourth-order valence-electron chi connectivity index (χ4n) is 4.24. The van der Waals surface area contributed by atoms with Crippen LogP contribution in [0, 0.1) is 5.92 Å². The summed E-state index contributed by atoms with van der Waals surface area (Å²) >= 11 is 0. The van der Waals surface area contributed by atoms with Crippen molar-refractivity contribution < 1.29 is 4.79 Å². The molecule has 0 N–H and O–H groups in total. The second-order valence-electron chi connectivity index (χ2n) is 8.26. The summed E-state index contributed by atoms with van der Waals surface area (Å²) < 4.78 is 1.47. The minimum atomic E-state index is -0.131. The van der Waals surface area contributed by atoms with Gasteiger partial charge < -0.3 is 4.90 Å². The van der Waals surface area contributed by atoms with E-state index in [-0.39, 0.29) is 11.5 Å². The number of rotatable bonds is 7. The van der Waals surface area contributed by atoms with E-state index in [0.29, 0.717) is 25.3 Å². The number of benzene rings is 2. The standard InChI is InChI=1S/C26H29N3O2/c30-25(28-18-15-22(16-19-28)20-21-8-3-1-4-9-21)12-7-17-29-26(31)14-13-24(27-29)23-10-5-2-6-11-23/h1-6,8-11,13-14,22H,7,12,15-20H2. The van der Waals surface area contributed by atoms with Gasteiger partial charge in [-0.25, -0.2) is 4.68 Å². The van der Waals surface area contributed by atoms with E-state index >= 15 is 0 Å². The van der Waals surface area contributed by atoms with Crippen molar-refractivity contribution in [3.8, 4) is 11.3 Å². The van der Waals surface area contributed by atoms with Crippen molar-refractivity contribution in [1.29, 1.82) is 0 Å². The molecule has 1 saturated heterocycles. The third-order valence-corrected chi connectivity index (χ3v) is 6.03. The van der Waals surface area contributed by atoms with Crippen LogP contribution in [0.25, 0.3) is 11.3 Å². The van der Waals surface area contributed by atoms with Crippen LogP contribution in [0.2, 0.25) is 0 Å². The summed E-state index contributed by atoms with van der Waals surface area (Å²) in [5, 5.41) is 4.48. The minimum Gasteiger partial charge on any atom is -0.343 e. The van der Waals surface area contributed by atoms with Gasteiger partial charge in [-0.3, -0.25) is 9.59 Å². The lowest BCUT2D eigenvalue weighted by atomic mass is 9.90. The van der Waals surface area contributed by atoms with E-state index < -0.39 is 0 Å². The highest BCUT2D eigenvalue weighted by Crippen LogP contribution is 2.22. The zero-order valence-electron chi connectivity index (χ0n) is 17.8. The SMILES string of the molecule is O=C(CCCn1nc(-c2ccccc2)ccc1=O)N1CCC(Cc2ccccc2)CC1. The van der Waals surface area contributed by atoms with E-state index in [1.165, 1.54) is 10.2 Å². The molecule has 1 amide bonds. The van der Waals surface area contributed by atoms with Crippen LogP contribution in [0.1, 0.15) is 31.2 Å². The highest BCUT2D eigenvalue weighted by atomic mass is 16.2. The number of carbonyl (C=O) groups is 1. The first-order chi connectivity index (χ1) is 15.2. The van der Waals surface area contributed by atoms with E-state index in [1.807, 2.05) is 41.3 Å². The quantitative estimate of drug-likeness (QED) is 0.582. The van der Waals surface area contributed by atoms with Gasteiger partial charge >= 0.3 is 0 Å². The van der Waals surface area contributed by atoms with Crippen molar-refractivity contribution in [3.05, 3.63) is 88.7 Å². The number of likely N-dealkylation sites (tertiary alicyclic amines) is 1. The fourth-order valence-corrected chi connectivity index (χ4v) is 4.24. The van der Waals surface area contributed by atoms with Crippen molar-refractivity contribution in [1.82, 2.24) is 14.7 Å². The van der Waals surface area contributed by atoms with Gasteiger partial charge in [-0.1, -0.05) is 60.7 Å². The van der Waals surface area contributed by atoms with Gasteiger partial charge in [-0.05, 0) is 43.2 Å². The molecule has 0 atom stereocenters. The maximum atomic E-state index is 12.6. The Hall–Kier alpha value is -3.21. The van der Waals surface area contributed by atoms with E-state index in [9.17, 15) is 9.59 Å². The number of hydrogen-bond donors (Lipinski definition) is 0. The maximum absolute atomic E-state index is 12.6. The first-order valence-corrected chi connectivity index (χ1v) is 11.1. The minimum absolute atomic E-state index is 0.131. The number of amides is 1. The van der Waals surface area contributed by atoms with Crippen LogP contribution in [0.5, 0.6) is 0 Å². The predicted octanol–water partition coefficient (Wildman–Crippen LogP) is 4.17. The van der Waals surface area contributed by atoms with Gasteiger partial charge in [-0.2, -0.15) is 5.10 Å². The van der Waals surface area contributed by atoms with Gasteiger partial charge in [0, 0.05) is 37.7 Å². The smallest absolute Gasteiger partial charge is 0.266 e. The number of hydrogen-bond acceptors (Lipinski definition) is 3. The number of aromatic nitrogens is 2. The van der Waals surface area contributed by atoms with Gasteiger partial charge in [0.2, 0.25) is 5.91 Å². The summed E-state index contributed by atoms with van der Waals surface area (Å²) in [4.78, 5) is 26.8. The molecule has 0 bridgehead atoms. The van der Waals surface area contributed by atoms with Crippen molar-refractivity contribution in [2.75, 3.05) is 13.1 Å². The molecule has 2 heterocycles. The second kappa shape index (κ2) is 10.2. The molecule has 0 unspecified atom stereocenters. The Morgan fingerprint density at radius 3 is 2.29 bits per heavy atom. The summed E-state index contributed by atoms with van der Waals surface area (Å²) in [6, 6.07) is 23.7. The summed E-state index contributed by atoms with van der Waals surface area (Å²) in [5.74, 6) is 0.834. The molecular formula is C26H29N3O2. The van der Waals surface area contributed by atoms with Crippen molar-refractivity contribution >= 4 is 5.91 Å². The number of nitrogens with zero attached hydrogens (tertiary/aromatic N) is 3. The summed E-state index contributed by atoms with van der Waals surface area (Å²) in [7, 11) is 0. The molecule has 5 nitrogen and oxygen atoms in total. The molecule has 4 rings (SSSR count). The zero-order valence-corrected chi connectivity index (χ0v) is 17.8. The largest absolute Gasteiger partial charge is 0.343 e. The average Bonchev–Trinajstić information content (AvgIpc) is 2.82. The fraction of sp³-hybridized carbons (Fsp3) is 0.346. The van der Waals surface area contributed by atoms with Gasteiger partial charge in [0.25, 0.3) is 5.56 Å². The van der Waals surface area contributed by atoms with Gasteiger partial charge in [0.05, 0.1) is 5.69 Å². The Kier molecular flexibility index (Phi) is 6.92. The van der Waals surface area contributed by atoms with Crippen LogP contribution in [0.3, 0.4) is 0 Å². The molecule has 2 aromatic carbocycles. The highest BCUT2D eigenvalue weighted by molar-refractivity contribution is 5.76. The Labute approximate surface area is 183 Å². The predicted molar refractivity (Wildman–Crippen MR) is 123 cm³/mol. The van der Waals surface area contributed by atoms with Gasteiger partial charge in [-0.15, -0.1) is 0 Å². The Morgan fingerprint density at radius 1 is 0.903 bits per heavy atom. The molecule has 0 saturated carbocycles. The first kappa shape index (κ1) is 21.0. The van der Waals surface area contributed by atoms with E-state index in [0.717, 1.165) is 43.6 Å². The number of piperidine rings is 1. The Bertz CT molecular complexity index is 1040. The van der Waals surface area contributed by atoms with Crippen LogP contribution in [0.4, 0.5) is 0 Å². The molecule has 0 spiro atoms. The third-order valence-electron chi connectivity index (χ3n) is 6.03. The van der Waals surface area contributed by atoms with Crippen LogP contribution in [-0.4, -0.2) is 33.7 Å². The molecule has 1 aliphatic heterocycles. The molecule has 1 aliphatic rings.